The van der Waals surface area contributed by atoms with Crippen LogP contribution in [0.5, 0.6) is 0 Å². The third-order valence-corrected chi connectivity index (χ3v) is 9.62. The van der Waals surface area contributed by atoms with Gasteiger partial charge in [0.1, 0.15) is 0 Å². The summed E-state index contributed by atoms with van der Waals surface area (Å²) < 4.78 is 4.24. The molecule has 0 radical (unpaired) electrons. The van der Waals surface area contributed by atoms with Gasteiger partial charge in [-0.15, -0.1) is 0 Å². The van der Waals surface area contributed by atoms with Gasteiger partial charge in [-0.1, -0.05) is 109 Å². The van der Waals surface area contributed by atoms with E-state index in [0.717, 1.165) is 49.3 Å². The first-order valence-corrected chi connectivity index (χ1v) is 15.7. The van der Waals surface area contributed by atoms with E-state index in [-0.39, 0.29) is 5.56 Å². The number of nitrogens with zero attached hydrogens (tertiary/aromatic N) is 2. The quantitative estimate of drug-likeness (QED) is 0.202. The molecule has 0 aliphatic heterocycles. The molecule has 0 aliphatic rings. The molecule has 3 nitrogen and oxygen atoms in total. The number of rotatable bonds is 3. The summed E-state index contributed by atoms with van der Waals surface area (Å²) in [7, 11) is 0. The van der Waals surface area contributed by atoms with E-state index in [4.69, 9.17) is 0 Å². The highest BCUT2D eigenvalue weighted by molar-refractivity contribution is 6.24. The Labute approximate surface area is 264 Å². The molecule has 3 aromatic heterocycles. The SMILES string of the molecule is O=c1c2ccccc2n2c3ccc(-c4cc(-c5ccccc5)cc(-c5ccccc5)c4)cc3c3ccc4c5ccccc5n1c4c32. The average molecular weight is 587 g/mol. The molecule has 0 aliphatic carbocycles. The summed E-state index contributed by atoms with van der Waals surface area (Å²) in [5.41, 5.74) is 12.1. The van der Waals surface area contributed by atoms with Crippen LogP contribution < -0.4 is 5.56 Å². The first-order valence-electron chi connectivity index (χ1n) is 15.7. The zero-order chi connectivity index (χ0) is 30.4. The predicted octanol–water partition coefficient (Wildman–Crippen LogP) is 10.6. The molecule has 0 unspecified atom stereocenters. The highest BCUT2D eigenvalue weighted by Crippen LogP contribution is 2.41. The Hall–Kier alpha value is -6.19. The Balaban J connectivity index is 1.33. The Morgan fingerprint density at radius 3 is 1.43 bits per heavy atom. The second-order valence-corrected chi connectivity index (χ2v) is 12.1. The van der Waals surface area contributed by atoms with Crippen LogP contribution in [0.2, 0.25) is 0 Å². The fourth-order valence-electron chi connectivity index (χ4n) is 7.55. The summed E-state index contributed by atoms with van der Waals surface area (Å²) in [6, 6.07) is 55.6. The van der Waals surface area contributed by atoms with Crippen molar-refractivity contribution in [1.82, 2.24) is 8.80 Å². The van der Waals surface area contributed by atoms with Crippen molar-refractivity contribution in [3.63, 3.8) is 0 Å². The van der Waals surface area contributed by atoms with Gasteiger partial charge in [0.25, 0.3) is 5.56 Å². The minimum atomic E-state index is 0.00828. The van der Waals surface area contributed by atoms with Crippen molar-refractivity contribution in [2.24, 2.45) is 0 Å². The van der Waals surface area contributed by atoms with Gasteiger partial charge in [-0.2, -0.15) is 0 Å². The van der Waals surface area contributed by atoms with Crippen LogP contribution in [0.4, 0.5) is 0 Å². The maximum Gasteiger partial charge on any atom is 0.265 e. The Morgan fingerprint density at radius 1 is 0.304 bits per heavy atom. The smallest absolute Gasteiger partial charge is 0.265 e. The summed E-state index contributed by atoms with van der Waals surface area (Å²) in [6.45, 7) is 0. The minimum Gasteiger partial charge on any atom is -0.306 e. The van der Waals surface area contributed by atoms with Gasteiger partial charge < -0.3 is 4.40 Å². The number of fused-ring (bicyclic) bond motifs is 8. The van der Waals surface area contributed by atoms with Crippen molar-refractivity contribution in [3.8, 4) is 33.4 Å². The molecule has 0 amide bonds. The number of hydrogen-bond donors (Lipinski definition) is 0. The van der Waals surface area contributed by atoms with Crippen LogP contribution in [-0.2, 0) is 0 Å². The van der Waals surface area contributed by atoms with Gasteiger partial charge in [0.05, 0.1) is 33.0 Å². The van der Waals surface area contributed by atoms with E-state index >= 15 is 0 Å². The lowest BCUT2D eigenvalue weighted by molar-refractivity contribution is 1.22. The van der Waals surface area contributed by atoms with Crippen LogP contribution in [0, 0.1) is 0 Å². The molecule has 0 N–H and O–H groups in total. The highest BCUT2D eigenvalue weighted by atomic mass is 16.1. The fraction of sp³-hybridized carbons (Fsp3) is 0. The third-order valence-electron chi connectivity index (χ3n) is 9.62. The van der Waals surface area contributed by atoms with Gasteiger partial charge in [0.15, 0.2) is 0 Å². The lowest BCUT2D eigenvalue weighted by atomic mass is 9.93. The molecule has 3 heteroatoms. The van der Waals surface area contributed by atoms with E-state index in [2.05, 4.69) is 138 Å². The third kappa shape index (κ3) is 3.45. The first kappa shape index (κ1) is 25.2. The summed E-state index contributed by atoms with van der Waals surface area (Å²) >= 11 is 0. The van der Waals surface area contributed by atoms with Gasteiger partial charge in [0.2, 0.25) is 0 Å². The minimum absolute atomic E-state index is 0.00828. The van der Waals surface area contributed by atoms with Crippen molar-refractivity contribution < 1.29 is 0 Å². The largest absolute Gasteiger partial charge is 0.306 e. The van der Waals surface area contributed by atoms with Crippen LogP contribution >= 0.6 is 0 Å². The van der Waals surface area contributed by atoms with Crippen molar-refractivity contribution >= 4 is 54.5 Å². The zero-order valence-electron chi connectivity index (χ0n) is 24.8. The molecule has 0 saturated carbocycles. The predicted molar refractivity (Wildman–Crippen MR) is 192 cm³/mol. The highest BCUT2D eigenvalue weighted by Gasteiger charge is 2.21. The molecule has 0 spiro atoms. The molecule has 0 saturated heterocycles. The monoisotopic (exact) mass is 586 g/mol. The van der Waals surface area contributed by atoms with E-state index in [0.29, 0.717) is 5.39 Å². The first-order chi connectivity index (χ1) is 22.7. The van der Waals surface area contributed by atoms with Gasteiger partial charge in [0, 0.05) is 21.5 Å². The normalized spacial score (nSPS) is 12.0. The average Bonchev–Trinajstić information content (AvgIpc) is 3.61. The van der Waals surface area contributed by atoms with Crippen molar-refractivity contribution in [3.05, 3.63) is 168 Å². The van der Waals surface area contributed by atoms with Gasteiger partial charge in [-0.05, 0) is 81.9 Å². The molecule has 3 heterocycles. The van der Waals surface area contributed by atoms with Crippen LogP contribution in [0.15, 0.2) is 163 Å². The standard InChI is InChI=1S/C43H26N2O/c46-43-36-16-8-10-18-39(36)44-40-22-19-29(26-37(40)35-21-20-34-33-15-7-9-17-38(33)45(43)42(34)41(35)44)32-24-30(27-11-3-1-4-12-27)23-31(25-32)28-13-5-2-6-14-28/h1-26H. The van der Waals surface area contributed by atoms with Crippen molar-refractivity contribution in [2.45, 2.75) is 0 Å². The Kier molecular flexibility index (Phi) is 5.15. The number of para-hydroxylation sites is 2. The number of aromatic nitrogens is 2. The molecule has 214 valence electrons. The topological polar surface area (TPSA) is 25.9 Å². The van der Waals surface area contributed by atoms with Crippen LogP contribution in [0.3, 0.4) is 0 Å². The molecule has 0 bridgehead atoms. The molecular weight excluding hydrogens is 560 g/mol. The van der Waals surface area contributed by atoms with E-state index in [9.17, 15) is 4.79 Å². The van der Waals surface area contributed by atoms with Crippen molar-refractivity contribution in [1.29, 1.82) is 0 Å². The molecule has 10 aromatic rings. The molecule has 0 fully saturated rings. The second kappa shape index (κ2) is 9.40. The number of benzene rings is 7. The van der Waals surface area contributed by atoms with Gasteiger partial charge in [-0.25, -0.2) is 0 Å². The Bertz CT molecular complexity index is 2800. The van der Waals surface area contributed by atoms with Crippen LogP contribution in [0.25, 0.3) is 87.9 Å². The second-order valence-electron chi connectivity index (χ2n) is 12.1. The fourth-order valence-corrected chi connectivity index (χ4v) is 7.55. The van der Waals surface area contributed by atoms with Gasteiger partial charge in [-0.3, -0.25) is 9.20 Å². The van der Waals surface area contributed by atoms with Crippen molar-refractivity contribution in [2.75, 3.05) is 0 Å². The van der Waals surface area contributed by atoms with E-state index in [1.807, 2.05) is 28.7 Å². The maximum atomic E-state index is 14.3. The van der Waals surface area contributed by atoms with E-state index < -0.39 is 0 Å². The summed E-state index contributed by atoms with van der Waals surface area (Å²) in [4.78, 5) is 14.3. The van der Waals surface area contributed by atoms with Gasteiger partial charge >= 0.3 is 0 Å². The summed E-state index contributed by atoms with van der Waals surface area (Å²) in [5.74, 6) is 0. The molecule has 7 aromatic carbocycles. The molecular formula is C43H26N2O. The lowest BCUT2D eigenvalue weighted by Crippen LogP contribution is -2.09. The number of hydrogen-bond acceptors (Lipinski definition) is 1. The zero-order valence-corrected chi connectivity index (χ0v) is 24.8. The molecule has 0 atom stereocenters. The molecule has 46 heavy (non-hydrogen) atoms. The molecule has 10 rings (SSSR count). The lowest BCUT2D eigenvalue weighted by Gasteiger charge is -2.12. The maximum absolute atomic E-state index is 14.3. The summed E-state index contributed by atoms with van der Waals surface area (Å²) in [5, 5.41) is 5.20. The van der Waals surface area contributed by atoms with E-state index in [1.54, 1.807) is 0 Å². The summed E-state index contributed by atoms with van der Waals surface area (Å²) in [6.07, 6.45) is 0. The Morgan fingerprint density at radius 2 is 0.783 bits per heavy atom. The van der Waals surface area contributed by atoms with Crippen LogP contribution in [-0.4, -0.2) is 8.80 Å². The van der Waals surface area contributed by atoms with E-state index in [1.165, 1.54) is 33.2 Å². The van der Waals surface area contributed by atoms with Crippen LogP contribution in [0.1, 0.15) is 0 Å².